The highest BCUT2D eigenvalue weighted by Crippen LogP contribution is 2.21. The lowest BCUT2D eigenvalue weighted by atomic mass is 10.1. The van der Waals surface area contributed by atoms with Crippen molar-refractivity contribution >= 4 is 36.4 Å². The molecule has 1 aromatic carbocycles. The van der Waals surface area contributed by atoms with Crippen molar-refractivity contribution in [3.63, 3.8) is 0 Å². The molecule has 6 heteroatoms. The molecule has 3 rings (SSSR count). The molecule has 0 saturated carbocycles. The van der Waals surface area contributed by atoms with Gasteiger partial charge in [-0.1, -0.05) is 18.6 Å². The largest absolute Gasteiger partial charge is 0.399 e. The van der Waals surface area contributed by atoms with E-state index in [1.54, 1.807) is 0 Å². The first-order valence-corrected chi connectivity index (χ1v) is 8.58. The van der Waals surface area contributed by atoms with Gasteiger partial charge in [-0.25, -0.2) is 0 Å². The number of amides is 1. The number of nitrogen functional groups attached to an aromatic ring is 1. The minimum atomic E-state index is 0. The van der Waals surface area contributed by atoms with Gasteiger partial charge in [-0.05, 0) is 56.5 Å². The summed E-state index contributed by atoms with van der Waals surface area (Å²) in [6.45, 7) is 4.40. The van der Waals surface area contributed by atoms with Crippen LogP contribution in [-0.2, 0) is 11.2 Å². The molecule has 0 aliphatic carbocycles. The Kier molecular flexibility index (Phi) is 8.88. The summed E-state index contributed by atoms with van der Waals surface area (Å²) in [6.07, 6.45) is 6.78. The van der Waals surface area contributed by atoms with E-state index in [1.807, 2.05) is 24.3 Å². The molecule has 1 atom stereocenters. The van der Waals surface area contributed by atoms with Gasteiger partial charge in [0.25, 0.3) is 0 Å². The van der Waals surface area contributed by atoms with E-state index in [0.717, 1.165) is 37.2 Å². The summed E-state index contributed by atoms with van der Waals surface area (Å²) in [5.74, 6) is 0.268. The maximum Gasteiger partial charge on any atom is 0.227 e. The Bertz CT molecular complexity index is 503. The van der Waals surface area contributed by atoms with Crippen LogP contribution in [0.25, 0.3) is 0 Å². The smallest absolute Gasteiger partial charge is 0.227 e. The van der Waals surface area contributed by atoms with Crippen molar-refractivity contribution in [2.45, 2.75) is 44.6 Å². The zero-order valence-corrected chi connectivity index (χ0v) is 15.8. The number of hydrogen-bond donors (Lipinski definition) is 1. The van der Waals surface area contributed by atoms with Crippen molar-refractivity contribution in [3.05, 3.63) is 29.8 Å². The van der Waals surface area contributed by atoms with E-state index in [1.165, 1.54) is 32.4 Å². The second-order valence-corrected chi connectivity index (χ2v) is 6.66. The highest BCUT2D eigenvalue weighted by Gasteiger charge is 2.30. The number of likely N-dealkylation sites (tertiary alicyclic amines) is 2. The number of anilines is 1. The van der Waals surface area contributed by atoms with Gasteiger partial charge in [-0.15, -0.1) is 24.8 Å². The molecular weight excluding hydrogens is 345 g/mol. The molecule has 2 N–H and O–H groups in total. The summed E-state index contributed by atoms with van der Waals surface area (Å²) in [6, 6.07) is 8.08. The molecule has 0 spiro atoms. The van der Waals surface area contributed by atoms with E-state index < -0.39 is 0 Å². The predicted octanol–water partition coefficient (Wildman–Crippen LogP) is 3.13. The molecule has 4 nitrogen and oxygen atoms in total. The molecule has 1 unspecified atom stereocenters. The number of hydrogen-bond acceptors (Lipinski definition) is 3. The highest BCUT2D eigenvalue weighted by molar-refractivity contribution is 5.85. The first kappa shape index (κ1) is 21.1. The Balaban J connectivity index is 0.00000144. The fourth-order valence-corrected chi connectivity index (χ4v) is 3.71. The zero-order chi connectivity index (χ0) is 15.4. The third kappa shape index (κ3) is 5.54. The molecular formula is C18H29Cl2N3O. The van der Waals surface area contributed by atoms with Crippen LogP contribution in [-0.4, -0.2) is 47.9 Å². The number of nitrogens with two attached hydrogens (primary N) is 1. The molecule has 2 saturated heterocycles. The van der Waals surface area contributed by atoms with Crippen LogP contribution in [0.1, 0.15) is 37.7 Å². The number of halogens is 2. The summed E-state index contributed by atoms with van der Waals surface area (Å²) in [5, 5.41) is 0. The highest BCUT2D eigenvalue weighted by atomic mass is 35.5. The molecule has 2 aliphatic rings. The zero-order valence-electron chi connectivity index (χ0n) is 14.2. The van der Waals surface area contributed by atoms with Crippen LogP contribution in [0.3, 0.4) is 0 Å². The van der Waals surface area contributed by atoms with E-state index >= 15 is 0 Å². The fourth-order valence-electron chi connectivity index (χ4n) is 3.71. The molecule has 0 bridgehead atoms. The van der Waals surface area contributed by atoms with Crippen molar-refractivity contribution < 1.29 is 4.79 Å². The van der Waals surface area contributed by atoms with Crippen molar-refractivity contribution in [1.82, 2.24) is 9.80 Å². The summed E-state index contributed by atoms with van der Waals surface area (Å²) in [4.78, 5) is 17.3. The Morgan fingerprint density at radius 3 is 2.33 bits per heavy atom. The van der Waals surface area contributed by atoms with Crippen LogP contribution in [0.4, 0.5) is 5.69 Å². The Labute approximate surface area is 157 Å². The summed E-state index contributed by atoms with van der Waals surface area (Å²) < 4.78 is 0. The first-order valence-electron chi connectivity index (χ1n) is 8.58. The molecule has 1 amide bonds. The Morgan fingerprint density at radius 1 is 1.00 bits per heavy atom. The monoisotopic (exact) mass is 373 g/mol. The summed E-state index contributed by atoms with van der Waals surface area (Å²) in [7, 11) is 0. The van der Waals surface area contributed by atoms with Crippen LogP contribution in [0.15, 0.2) is 24.3 Å². The van der Waals surface area contributed by atoms with Crippen LogP contribution < -0.4 is 5.73 Å². The third-order valence-corrected chi connectivity index (χ3v) is 4.95. The SMILES string of the molecule is Cl.Cl.Nc1ccc(CC(=O)N2CCCC2CN2CCCCC2)cc1. The molecule has 0 aromatic heterocycles. The predicted molar refractivity (Wildman–Crippen MR) is 104 cm³/mol. The van der Waals surface area contributed by atoms with E-state index in [0.29, 0.717) is 12.5 Å². The maximum atomic E-state index is 12.6. The molecule has 0 radical (unpaired) electrons. The third-order valence-electron chi connectivity index (χ3n) is 4.95. The van der Waals surface area contributed by atoms with Crippen molar-refractivity contribution in [2.75, 3.05) is 31.9 Å². The quantitative estimate of drug-likeness (QED) is 0.824. The first-order chi connectivity index (χ1) is 10.7. The number of carbonyl (C=O) groups is 1. The van der Waals surface area contributed by atoms with Gasteiger partial charge < -0.3 is 15.5 Å². The fraction of sp³-hybridized carbons (Fsp3) is 0.611. The van der Waals surface area contributed by atoms with E-state index in [9.17, 15) is 4.79 Å². The lowest BCUT2D eigenvalue weighted by Crippen LogP contribution is -2.45. The molecule has 2 heterocycles. The number of piperidine rings is 1. The molecule has 136 valence electrons. The van der Waals surface area contributed by atoms with Gasteiger partial charge in [-0.3, -0.25) is 4.79 Å². The topological polar surface area (TPSA) is 49.6 Å². The second kappa shape index (κ2) is 10.1. The summed E-state index contributed by atoms with van der Waals surface area (Å²) >= 11 is 0. The number of carbonyl (C=O) groups excluding carboxylic acids is 1. The van der Waals surface area contributed by atoms with E-state index in [4.69, 9.17) is 5.73 Å². The maximum absolute atomic E-state index is 12.6. The number of nitrogens with zero attached hydrogens (tertiary/aromatic N) is 2. The van der Waals surface area contributed by atoms with E-state index in [2.05, 4.69) is 9.80 Å². The van der Waals surface area contributed by atoms with Gasteiger partial charge >= 0.3 is 0 Å². The van der Waals surface area contributed by atoms with Gasteiger partial charge in [-0.2, -0.15) is 0 Å². The Hall–Kier alpha value is -0.970. The van der Waals surface area contributed by atoms with Gasteiger partial charge in [0.15, 0.2) is 0 Å². The lowest BCUT2D eigenvalue weighted by molar-refractivity contribution is -0.131. The van der Waals surface area contributed by atoms with Gasteiger partial charge in [0.1, 0.15) is 0 Å². The number of rotatable bonds is 4. The van der Waals surface area contributed by atoms with Gasteiger partial charge in [0.05, 0.1) is 6.42 Å². The van der Waals surface area contributed by atoms with Crippen LogP contribution in [0, 0.1) is 0 Å². The van der Waals surface area contributed by atoms with Crippen molar-refractivity contribution in [1.29, 1.82) is 0 Å². The van der Waals surface area contributed by atoms with Gasteiger partial charge in [0.2, 0.25) is 5.91 Å². The number of benzene rings is 1. The standard InChI is InChI=1S/C18H27N3O.2ClH/c19-16-8-6-15(7-9-16)13-18(22)21-12-4-5-17(21)14-20-10-2-1-3-11-20;;/h6-9,17H,1-5,10-14,19H2;2*1H. The van der Waals surface area contributed by atoms with E-state index in [-0.39, 0.29) is 30.7 Å². The molecule has 24 heavy (non-hydrogen) atoms. The summed E-state index contributed by atoms with van der Waals surface area (Å²) in [5.41, 5.74) is 7.51. The van der Waals surface area contributed by atoms with Gasteiger partial charge in [0, 0.05) is 24.8 Å². The molecule has 2 fully saturated rings. The van der Waals surface area contributed by atoms with Crippen LogP contribution >= 0.6 is 24.8 Å². The average Bonchev–Trinajstić information content (AvgIpc) is 2.99. The normalized spacial score (nSPS) is 21.0. The molecule has 2 aliphatic heterocycles. The molecule has 1 aromatic rings. The minimum Gasteiger partial charge on any atom is -0.399 e. The lowest BCUT2D eigenvalue weighted by Gasteiger charge is -2.33. The van der Waals surface area contributed by atoms with Crippen LogP contribution in [0.2, 0.25) is 0 Å². The van der Waals surface area contributed by atoms with Crippen molar-refractivity contribution in [3.8, 4) is 0 Å². The second-order valence-electron chi connectivity index (χ2n) is 6.66. The minimum absolute atomic E-state index is 0. The average molecular weight is 374 g/mol. The van der Waals surface area contributed by atoms with Crippen molar-refractivity contribution in [2.24, 2.45) is 0 Å². The van der Waals surface area contributed by atoms with Crippen LogP contribution in [0.5, 0.6) is 0 Å². The Morgan fingerprint density at radius 2 is 1.67 bits per heavy atom.